The van der Waals surface area contributed by atoms with Crippen molar-refractivity contribution < 1.29 is 22.7 Å². The third-order valence-corrected chi connectivity index (χ3v) is 3.04. The number of carbonyl (C=O) groups excluding carboxylic acids is 1. The molecule has 0 radical (unpaired) electrons. The molecular weight excluding hydrogens is 333 g/mol. The number of nitrogens with zero attached hydrogens (tertiary/aromatic N) is 1. The van der Waals surface area contributed by atoms with Crippen LogP contribution in [-0.2, 0) is 6.18 Å². The van der Waals surface area contributed by atoms with Gasteiger partial charge in [0, 0.05) is 11.2 Å². The Bertz CT molecular complexity index is 658. The summed E-state index contributed by atoms with van der Waals surface area (Å²) in [4.78, 5) is 15.0. The van der Waals surface area contributed by atoms with Crippen molar-refractivity contribution in [3.05, 3.63) is 58.9 Å². The van der Waals surface area contributed by atoms with Crippen LogP contribution in [0.5, 0.6) is 5.75 Å². The average molecular weight is 345 g/mol. The molecule has 0 fully saturated rings. The summed E-state index contributed by atoms with van der Waals surface area (Å²) < 4.78 is 42.5. The van der Waals surface area contributed by atoms with Crippen molar-refractivity contribution in [2.24, 2.45) is 0 Å². The minimum Gasteiger partial charge on any atom is -0.492 e. The number of aromatic nitrogens is 1. The fraction of sp³-hybridized carbons (Fsp3) is 0.200. The van der Waals surface area contributed by atoms with E-state index >= 15 is 0 Å². The van der Waals surface area contributed by atoms with Gasteiger partial charge in [0.05, 0.1) is 12.1 Å². The van der Waals surface area contributed by atoms with E-state index in [0.717, 1.165) is 18.3 Å². The molecule has 23 heavy (non-hydrogen) atoms. The molecule has 2 aromatic rings. The monoisotopic (exact) mass is 344 g/mol. The number of rotatable bonds is 5. The van der Waals surface area contributed by atoms with Gasteiger partial charge < -0.3 is 10.1 Å². The van der Waals surface area contributed by atoms with Crippen molar-refractivity contribution >= 4 is 17.5 Å². The Hall–Kier alpha value is -2.28. The van der Waals surface area contributed by atoms with E-state index in [1.807, 2.05) is 0 Å². The van der Waals surface area contributed by atoms with Crippen molar-refractivity contribution in [1.82, 2.24) is 10.3 Å². The van der Waals surface area contributed by atoms with E-state index in [1.54, 1.807) is 24.3 Å². The van der Waals surface area contributed by atoms with Crippen molar-refractivity contribution in [2.75, 3.05) is 13.2 Å². The van der Waals surface area contributed by atoms with E-state index in [-0.39, 0.29) is 18.7 Å². The lowest BCUT2D eigenvalue weighted by molar-refractivity contribution is -0.141. The molecule has 0 unspecified atom stereocenters. The van der Waals surface area contributed by atoms with Gasteiger partial charge >= 0.3 is 6.18 Å². The normalized spacial score (nSPS) is 11.1. The zero-order valence-corrected chi connectivity index (χ0v) is 12.5. The molecule has 0 aliphatic heterocycles. The number of halogens is 4. The predicted molar refractivity (Wildman–Crippen MR) is 78.5 cm³/mol. The van der Waals surface area contributed by atoms with Crippen LogP contribution in [-0.4, -0.2) is 24.0 Å². The van der Waals surface area contributed by atoms with Crippen LogP contribution in [0.25, 0.3) is 0 Å². The Kier molecular flexibility index (Phi) is 5.44. The van der Waals surface area contributed by atoms with Crippen LogP contribution in [0, 0.1) is 0 Å². The van der Waals surface area contributed by atoms with Crippen LogP contribution < -0.4 is 10.1 Å². The van der Waals surface area contributed by atoms with Gasteiger partial charge in [-0.15, -0.1) is 0 Å². The molecule has 1 N–H and O–H groups in total. The number of hydrogen-bond donors (Lipinski definition) is 1. The second-order valence-corrected chi connectivity index (χ2v) is 4.92. The first-order valence-electron chi connectivity index (χ1n) is 6.56. The number of nitrogens with one attached hydrogen (secondary N) is 1. The van der Waals surface area contributed by atoms with Crippen molar-refractivity contribution in [3.63, 3.8) is 0 Å². The van der Waals surface area contributed by atoms with Crippen LogP contribution in [0.15, 0.2) is 42.6 Å². The molecule has 8 heteroatoms. The highest BCUT2D eigenvalue weighted by Crippen LogP contribution is 2.27. The summed E-state index contributed by atoms with van der Waals surface area (Å²) in [6, 6.07) is 8.55. The van der Waals surface area contributed by atoms with Gasteiger partial charge in [-0.3, -0.25) is 9.78 Å². The lowest BCUT2D eigenvalue weighted by Gasteiger charge is -2.09. The average Bonchev–Trinajstić information content (AvgIpc) is 2.52. The van der Waals surface area contributed by atoms with E-state index in [1.165, 1.54) is 0 Å². The van der Waals surface area contributed by atoms with E-state index in [2.05, 4.69) is 10.3 Å². The van der Waals surface area contributed by atoms with E-state index < -0.39 is 17.8 Å². The van der Waals surface area contributed by atoms with E-state index in [0.29, 0.717) is 10.8 Å². The molecule has 0 aliphatic carbocycles. The standard InChI is InChI=1S/C15H12ClF3N2O2/c16-11-2-4-12(5-3-11)23-8-7-20-14(22)10-1-6-13(21-9-10)15(17,18)19/h1-6,9H,7-8H2,(H,20,22). The highest BCUT2D eigenvalue weighted by molar-refractivity contribution is 6.30. The van der Waals surface area contributed by atoms with Gasteiger partial charge in [-0.05, 0) is 36.4 Å². The van der Waals surface area contributed by atoms with Crippen LogP contribution in [0.3, 0.4) is 0 Å². The Morgan fingerprint density at radius 3 is 2.43 bits per heavy atom. The maximum absolute atomic E-state index is 12.4. The second kappa shape index (κ2) is 7.32. The van der Waals surface area contributed by atoms with E-state index in [4.69, 9.17) is 16.3 Å². The van der Waals surface area contributed by atoms with Crippen LogP contribution in [0.1, 0.15) is 16.1 Å². The summed E-state index contributed by atoms with van der Waals surface area (Å²) in [6.07, 6.45) is -3.64. The summed E-state index contributed by atoms with van der Waals surface area (Å²) in [7, 11) is 0. The predicted octanol–water partition coefficient (Wildman–Crippen LogP) is 3.56. The van der Waals surface area contributed by atoms with Crippen molar-refractivity contribution in [1.29, 1.82) is 0 Å². The lowest BCUT2D eigenvalue weighted by atomic mass is 10.2. The van der Waals surface area contributed by atoms with Gasteiger partial charge in [-0.25, -0.2) is 0 Å². The number of pyridine rings is 1. The Morgan fingerprint density at radius 1 is 1.17 bits per heavy atom. The topological polar surface area (TPSA) is 51.2 Å². The quantitative estimate of drug-likeness (QED) is 0.844. The molecule has 0 saturated carbocycles. The van der Waals surface area contributed by atoms with Crippen molar-refractivity contribution in [2.45, 2.75) is 6.18 Å². The van der Waals surface area contributed by atoms with E-state index in [9.17, 15) is 18.0 Å². The molecule has 0 atom stereocenters. The Morgan fingerprint density at radius 2 is 1.87 bits per heavy atom. The van der Waals surface area contributed by atoms with Crippen LogP contribution in [0.4, 0.5) is 13.2 Å². The van der Waals surface area contributed by atoms with Gasteiger partial charge in [0.1, 0.15) is 18.1 Å². The number of hydrogen-bond acceptors (Lipinski definition) is 3. The first-order valence-corrected chi connectivity index (χ1v) is 6.94. The van der Waals surface area contributed by atoms with Crippen molar-refractivity contribution in [3.8, 4) is 5.75 Å². The maximum atomic E-state index is 12.4. The molecule has 1 heterocycles. The molecule has 4 nitrogen and oxygen atoms in total. The zero-order chi connectivity index (χ0) is 16.9. The molecule has 1 amide bonds. The summed E-state index contributed by atoms with van der Waals surface area (Å²) in [5.74, 6) is 0.0748. The molecule has 0 bridgehead atoms. The first kappa shape index (κ1) is 17.1. The molecule has 0 aliphatic rings. The first-order chi connectivity index (χ1) is 10.9. The van der Waals surface area contributed by atoms with Gasteiger partial charge in [0.2, 0.25) is 0 Å². The fourth-order valence-corrected chi connectivity index (χ4v) is 1.79. The highest BCUT2D eigenvalue weighted by Gasteiger charge is 2.32. The zero-order valence-electron chi connectivity index (χ0n) is 11.7. The Labute approximate surface area is 135 Å². The van der Waals surface area contributed by atoms with Crippen LogP contribution in [0.2, 0.25) is 5.02 Å². The number of alkyl halides is 3. The third kappa shape index (κ3) is 5.14. The Balaban J connectivity index is 1.79. The summed E-state index contributed by atoms with van der Waals surface area (Å²) in [5, 5.41) is 3.11. The summed E-state index contributed by atoms with van der Waals surface area (Å²) in [6.45, 7) is 0.407. The van der Waals surface area contributed by atoms with Crippen LogP contribution >= 0.6 is 11.6 Å². The summed E-state index contributed by atoms with van der Waals surface area (Å²) in [5.41, 5.74) is -0.996. The third-order valence-electron chi connectivity index (χ3n) is 2.79. The molecular formula is C15H12ClF3N2O2. The number of ether oxygens (including phenoxy) is 1. The van der Waals surface area contributed by atoms with Gasteiger partial charge in [0.25, 0.3) is 5.91 Å². The SMILES string of the molecule is O=C(NCCOc1ccc(Cl)cc1)c1ccc(C(F)(F)F)nc1. The fourth-order valence-electron chi connectivity index (χ4n) is 1.66. The molecule has 1 aromatic carbocycles. The number of amides is 1. The molecule has 0 saturated heterocycles. The second-order valence-electron chi connectivity index (χ2n) is 4.49. The van der Waals surface area contributed by atoms with Gasteiger partial charge in [-0.2, -0.15) is 13.2 Å². The smallest absolute Gasteiger partial charge is 0.433 e. The molecule has 1 aromatic heterocycles. The number of carbonyl (C=O) groups is 1. The lowest BCUT2D eigenvalue weighted by Crippen LogP contribution is -2.28. The highest BCUT2D eigenvalue weighted by atomic mass is 35.5. The van der Waals surface area contributed by atoms with Gasteiger partial charge in [-0.1, -0.05) is 11.6 Å². The molecule has 2 rings (SSSR count). The number of benzene rings is 1. The van der Waals surface area contributed by atoms with Gasteiger partial charge in [0.15, 0.2) is 0 Å². The summed E-state index contributed by atoms with van der Waals surface area (Å²) >= 11 is 5.73. The molecule has 0 spiro atoms. The minimum absolute atomic E-state index is 0.0458. The maximum Gasteiger partial charge on any atom is 0.433 e. The minimum atomic E-state index is -4.53. The largest absolute Gasteiger partial charge is 0.492 e. The molecule has 122 valence electrons.